The summed E-state index contributed by atoms with van der Waals surface area (Å²) in [6, 6.07) is 1.42. The molecule has 0 atom stereocenters. The zero-order chi connectivity index (χ0) is 9.26. The van der Waals surface area contributed by atoms with E-state index in [4.69, 9.17) is 0 Å². The minimum Gasteiger partial charge on any atom is -0.340 e. The van der Waals surface area contributed by atoms with E-state index >= 15 is 0 Å². The van der Waals surface area contributed by atoms with Crippen molar-refractivity contribution in [2.45, 2.75) is 0 Å². The molecule has 0 aromatic carbocycles. The Kier molecular flexibility index (Phi) is 1.70. The molecule has 0 bridgehead atoms. The molecule has 2 aromatic rings. The molecule has 0 aliphatic carbocycles. The molecular weight excluding hydrogens is 168 g/mol. The van der Waals surface area contributed by atoms with Gasteiger partial charge in [0.2, 0.25) is 0 Å². The number of hydrogen-bond donors (Lipinski definition) is 1. The van der Waals surface area contributed by atoms with Crippen LogP contribution in [-0.4, -0.2) is 19.5 Å². The van der Waals surface area contributed by atoms with E-state index in [-0.39, 0.29) is 5.56 Å². The third kappa shape index (κ3) is 1.48. The van der Waals surface area contributed by atoms with E-state index in [1.807, 2.05) is 13.2 Å². The molecule has 0 saturated carbocycles. The van der Waals surface area contributed by atoms with Gasteiger partial charge in [0.15, 0.2) is 0 Å². The maximum Gasteiger partial charge on any atom is 0.251 e. The summed E-state index contributed by atoms with van der Waals surface area (Å²) in [6.45, 7) is 0. The largest absolute Gasteiger partial charge is 0.340 e. The van der Waals surface area contributed by atoms with Crippen molar-refractivity contribution in [3.05, 3.63) is 35.3 Å². The van der Waals surface area contributed by atoms with Crippen LogP contribution in [0.4, 0.5) is 0 Å². The van der Waals surface area contributed by atoms with Crippen LogP contribution in [0.3, 0.4) is 0 Å². The summed E-state index contributed by atoms with van der Waals surface area (Å²) < 4.78 is 1.80. The van der Waals surface area contributed by atoms with E-state index < -0.39 is 0 Å². The fourth-order valence-electron chi connectivity index (χ4n) is 1.05. The van der Waals surface area contributed by atoms with Gasteiger partial charge < -0.3 is 9.55 Å². The maximum atomic E-state index is 10.9. The predicted molar refractivity (Wildman–Crippen MR) is 47.1 cm³/mol. The number of imidazole rings is 1. The Morgan fingerprint density at radius 3 is 2.85 bits per heavy atom. The van der Waals surface area contributed by atoms with Crippen molar-refractivity contribution in [2.24, 2.45) is 7.05 Å². The molecule has 0 aliphatic rings. The van der Waals surface area contributed by atoms with Crippen molar-refractivity contribution in [1.29, 1.82) is 0 Å². The lowest BCUT2D eigenvalue weighted by atomic mass is 10.3. The van der Waals surface area contributed by atoms with Gasteiger partial charge in [0, 0.05) is 19.3 Å². The van der Waals surface area contributed by atoms with Crippen molar-refractivity contribution >= 4 is 0 Å². The van der Waals surface area contributed by atoms with Gasteiger partial charge in [0.05, 0.1) is 18.3 Å². The lowest BCUT2D eigenvalue weighted by Crippen LogP contribution is -2.04. The van der Waals surface area contributed by atoms with E-state index in [2.05, 4.69) is 15.0 Å². The molecule has 0 radical (unpaired) electrons. The lowest BCUT2D eigenvalue weighted by molar-refractivity contribution is 0.913. The van der Waals surface area contributed by atoms with Crippen LogP contribution in [0.25, 0.3) is 11.4 Å². The highest BCUT2D eigenvalue weighted by atomic mass is 16.1. The molecule has 13 heavy (non-hydrogen) atoms. The minimum absolute atomic E-state index is 0.171. The van der Waals surface area contributed by atoms with Gasteiger partial charge in [-0.15, -0.1) is 0 Å². The van der Waals surface area contributed by atoms with Gasteiger partial charge in [-0.25, -0.2) is 9.97 Å². The molecule has 0 fully saturated rings. The first kappa shape index (κ1) is 7.72. The molecule has 5 heteroatoms. The summed E-state index contributed by atoms with van der Waals surface area (Å²) in [6.07, 6.45) is 4.84. The maximum absolute atomic E-state index is 10.9. The molecule has 0 spiro atoms. The standard InChI is InChI=1S/C8H8N4O/c1-12-3-7(11-5-12)6-2-8(13)10-4-9-6/h2-5H,1H3,(H,9,10,13). The van der Waals surface area contributed by atoms with Crippen molar-refractivity contribution in [2.75, 3.05) is 0 Å². The Balaban J connectivity index is 2.52. The number of H-pyrrole nitrogens is 1. The normalized spacial score (nSPS) is 10.2. The van der Waals surface area contributed by atoms with E-state index in [9.17, 15) is 4.79 Å². The quantitative estimate of drug-likeness (QED) is 0.673. The molecule has 2 aromatic heterocycles. The smallest absolute Gasteiger partial charge is 0.251 e. The van der Waals surface area contributed by atoms with Gasteiger partial charge in [-0.1, -0.05) is 0 Å². The van der Waals surface area contributed by atoms with E-state index in [1.54, 1.807) is 10.9 Å². The van der Waals surface area contributed by atoms with Crippen LogP contribution >= 0.6 is 0 Å². The number of aromatic nitrogens is 4. The fraction of sp³-hybridized carbons (Fsp3) is 0.125. The second-order valence-electron chi connectivity index (χ2n) is 2.72. The third-order valence-corrected chi connectivity index (χ3v) is 1.65. The van der Waals surface area contributed by atoms with E-state index in [1.165, 1.54) is 12.4 Å². The average molecular weight is 176 g/mol. The monoisotopic (exact) mass is 176 g/mol. The number of hydrogen-bond acceptors (Lipinski definition) is 3. The Morgan fingerprint density at radius 2 is 2.23 bits per heavy atom. The van der Waals surface area contributed by atoms with Crippen LogP contribution in [-0.2, 0) is 7.05 Å². The van der Waals surface area contributed by atoms with Crippen LogP contribution in [0, 0.1) is 0 Å². The molecular formula is C8H8N4O. The van der Waals surface area contributed by atoms with Crippen molar-refractivity contribution in [3.8, 4) is 11.4 Å². The topological polar surface area (TPSA) is 63.6 Å². The van der Waals surface area contributed by atoms with Crippen LogP contribution in [0.5, 0.6) is 0 Å². The molecule has 1 N–H and O–H groups in total. The molecule has 0 unspecified atom stereocenters. The molecule has 0 amide bonds. The summed E-state index contributed by atoms with van der Waals surface area (Å²) in [4.78, 5) is 21.5. The van der Waals surface area contributed by atoms with Gasteiger partial charge in [-0.3, -0.25) is 4.79 Å². The van der Waals surface area contributed by atoms with Crippen LogP contribution in [0.2, 0.25) is 0 Å². The number of rotatable bonds is 1. The van der Waals surface area contributed by atoms with Crippen LogP contribution in [0.1, 0.15) is 0 Å². The molecule has 5 nitrogen and oxygen atoms in total. The molecule has 0 saturated heterocycles. The van der Waals surface area contributed by atoms with Gasteiger partial charge in [0.25, 0.3) is 5.56 Å². The summed E-state index contributed by atoms with van der Waals surface area (Å²) in [5.41, 5.74) is 1.12. The highest BCUT2D eigenvalue weighted by Crippen LogP contribution is 2.09. The third-order valence-electron chi connectivity index (χ3n) is 1.65. The lowest BCUT2D eigenvalue weighted by Gasteiger charge is -1.91. The molecule has 2 heterocycles. The highest BCUT2D eigenvalue weighted by molar-refractivity contribution is 5.51. The number of nitrogens with one attached hydrogen (secondary N) is 1. The van der Waals surface area contributed by atoms with Gasteiger partial charge in [-0.2, -0.15) is 0 Å². The first-order valence-corrected chi connectivity index (χ1v) is 3.79. The van der Waals surface area contributed by atoms with Crippen molar-refractivity contribution < 1.29 is 0 Å². The second-order valence-corrected chi connectivity index (χ2v) is 2.72. The van der Waals surface area contributed by atoms with Crippen LogP contribution in [0.15, 0.2) is 29.7 Å². The minimum atomic E-state index is -0.171. The van der Waals surface area contributed by atoms with Crippen molar-refractivity contribution in [3.63, 3.8) is 0 Å². The Morgan fingerprint density at radius 1 is 1.38 bits per heavy atom. The summed E-state index contributed by atoms with van der Waals surface area (Å²) in [5, 5.41) is 0. The van der Waals surface area contributed by atoms with E-state index in [0.29, 0.717) is 11.4 Å². The number of nitrogens with zero attached hydrogens (tertiary/aromatic N) is 3. The Hall–Kier alpha value is -1.91. The van der Waals surface area contributed by atoms with E-state index in [0.717, 1.165) is 0 Å². The Labute approximate surface area is 74.1 Å². The van der Waals surface area contributed by atoms with Crippen LogP contribution < -0.4 is 5.56 Å². The molecule has 0 aliphatic heterocycles. The zero-order valence-electron chi connectivity index (χ0n) is 7.06. The van der Waals surface area contributed by atoms with Gasteiger partial charge in [-0.05, 0) is 0 Å². The number of aromatic amines is 1. The summed E-state index contributed by atoms with van der Waals surface area (Å²) in [5.74, 6) is 0. The SMILES string of the molecule is Cn1cnc(-c2cc(=O)[nH]cn2)c1. The van der Waals surface area contributed by atoms with Gasteiger partial charge >= 0.3 is 0 Å². The second kappa shape index (κ2) is 2.85. The summed E-state index contributed by atoms with van der Waals surface area (Å²) >= 11 is 0. The predicted octanol–water partition coefficient (Wildman–Crippen LogP) is 0.170. The zero-order valence-corrected chi connectivity index (χ0v) is 7.06. The number of aryl methyl sites for hydroxylation is 1. The summed E-state index contributed by atoms with van der Waals surface area (Å²) in [7, 11) is 1.86. The Bertz CT molecular complexity index is 471. The molecule has 2 rings (SSSR count). The average Bonchev–Trinajstić information content (AvgIpc) is 2.52. The van der Waals surface area contributed by atoms with Gasteiger partial charge in [0.1, 0.15) is 5.69 Å². The highest BCUT2D eigenvalue weighted by Gasteiger charge is 2.01. The fourth-order valence-corrected chi connectivity index (χ4v) is 1.05. The first-order valence-electron chi connectivity index (χ1n) is 3.79. The first-order chi connectivity index (χ1) is 6.25. The van der Waals surface area contributed by atoms with Crippen molar-refractivity contribution in [1.82, 2.24) is 19.5 Å². The molecule has 66 valence electrons.